The standard InChI is InChI=1S/C16H24BrN/c1-6-13(11-18-16(3,4)5)9-14-8-7-12(2)15(17)10-14/h7-10,18H,6,11H2,1-5H3/b13-9-. The molecule has 0 atom stereocenters. The van der Waals surface area contributed by atoms with Crippen LogP contribution in [-0.2, 0) is 0 Å². The monoisotopic (exact) mass is 309 g/mol. The Morgan fingerprint density at radius 1 is 1.33 bits per heavy atom. The summed E-state index contributed by atoms with van der Waals surface area (Å²) in [6, 6.07) is 6.51. The maximum atomic E-state index is 3.58. The number of hydrogen-bond acceptors (Lipinski definition) is 1. The van der Waals surface area contributed by atoms with Crippen molar-refractivity contribution in [3.63, 3.8) is 0 Å². The van der Waals surface area contributed by atoms with E-state index in [1.807, 2.05) is 0 Å². The maximum Gasteiger partial charge on any atom is 0.0210 e. The predicted molar refractivity (Wildman–Crippen MR) is 84.9 cm³/mol. The van der Waals surface area contributed by atoms with Crippen LogP contribution in [0.25, 0.3) is 6.08 Å². The van der Waals surface area contributed by atoms with E-state index in [1.54, 1.807) is 0 Å². The molecule has 100 valence electrons. The Morgan fingerprint density at radius 3 is 2.50 bits per heavy atom. The van der Waals surface area contributed by atoms with Crippen molar-refractivity contribution in [3.8, 4) is 0 Å². The van der Waals surface area contributed by atoms with Crippen LogP contribution in [-0.4, -0.2) is 12.1 Å². The Kier molecular flexibility index (Phi) is 5.61. The molecule has 1 aromatic rings. The second-order valence-corrected chi connectivity index (χ2v) is 6.62. The molecule has 0 aromatic heterocycles. The van der Waals surface area contributed by atoms with Gasteiger partial charge in [0, 0.05) is 16.6 Å². The molecule has 0 bridgehead atoms. The van der Waals surface area contributed by atoms with Gasteiger partial charge in [-0.15, -0.1) is 0 Å². The molecule has 0 aliphatic heterocycles. The summed E-state index contributed by atoms with van der Waals surface area (Å²) in [6.07, 6.45) is 3.36. The van der Waals surface area contributed by atoms with Crippen molar-refractivity contribution in [1.29, 1.82) is 0 Å². The van der Waals surface area contributed by atoms with E-state index in [9.17, 15) is 0 Å². The minimum atomic E-state index is 0.169. The van der Waals surface area contributed by atoms with E-state index >= 15 is 0 Å². The first-order chi connectivity index (χ1) is 8.31. The second-order valence-electron chi connectivity index (χ2n) is 5.77. The zero-order valence-electron chi connectivity index (χ0n) is 12.1. The lowest BCUT2D eigenvalue weighted by molar-refractivity contribution is 0.443. The fourth-order valence-corrected chi connectivity index (χ4v) is 1.99. The van der Waals surface area contributed by atoms with Gasteiger partial charge in [-0.1, -0.05) is 46.6 Å². The Bertz CT molecular complexity index is 427. The molecule has 0 unspecified atom stereocenters. The van der Waals surface area contributed by atoms with Gasteiger partial charge in [-0.2, -0.15) is 0 Å². The number of nitrogens with one attached hydrogen (secondary N) is 1. The average Bonchev–Trinajstić information content (AvgIpc) is 2.28. The normalized spacial score (nSPS) is 12.9. The molecule has 0 aliphatic carbocycles. The Hall–Kier alpha value is -0.600. The number of aryl methyl sites for hydroxylation is 1. The minimum Gasteiger partial charge on any atom is -0.308 e. The van der Waals surface area contributed by atoms with E-state index in [-0.39, 0.29) is 5.54 Å². The summed E-state index contributed by atoms with van der Waals surface area (Å²) >= 11 is 3.58. The highest BCUT2D eigenvalue weighted by Crippen LogP contribution is 2.20. The van der Waals surface area contributed by atoms with Crippen LogP contribution in [0, 0.1) is 6.92 Å². The number of benzene rings is 1. The molecular weight excluding hydrogens is 286 g/mol. The Morgan fingerprint density at radius 2 is 2.00 bits per heavy atom. The summed E-state index contributed by atoms with van der Waals surface area (Å²) in [7, 11) is 0. The number of rotatable bonds is 4. The van der Waals surface area contributed by atoms with E-state index in [2.05, 4.69) is 80.1 Å². The minimum absolute atomic E-state index is 0.169. The lowest BCUT2D eigenvalue weighted by atomic mass is 10.0. The van der Waals surface area contributed by atoms with Gasteiger partial charge in [0.15, 0.2) is 0 Å². The summed E-state index contributed by atoms with van der Waals surface area (Å²) in [5, 5.41) is 3.54. The van der Waals surface area contributed by atoms with Gasteiger partial charge in [0.05, 0.1) is 0 Å². The van der Waals surface area contributed by atoms with E-state index in [4.69, 9.17) is 0 Å². The van der Waals surface area contributed by atoms with E-state index in [1.165, 1.54) is 21.2 Å². The number of hydrogen-bond donors (Lipinski definition) is 1. The van der Waals surface area contributed by atoms with Crippen LogP contribution in [0.3, 0.4) is 0 Å². The van der Waals surface area contributed by atoms with Crippen LogP contribution >= 0.6 is 15.9 Å². The average molecular weight is 310 g/mol. The smallest absolute Gasteiger partial charge is 0.0210 e. The molecule has 0 fully saturated rings. The first kappa shape index (κ1) is 15.5. The van der Waals surface area contributed by atoms with Gasteiger partial charge in [0.25, 0.3) is 0 Å². The second kappa shape index (κ2) is 6.53. The quantitative estimate of drug-likeness (QED) is 0.830. The third-order valence-corrected chi connectivity index (χ3v) is 3.72. The molecule has 0 radical (unpaired) electrons. The first-order valence-electron chi connectivity index (χ1n) is 6.52. The molecule has 0 heterocycles. The highest BCUT2D eigenvalue weighted by atomic mass is 79.9. The summed E-state index contributed by atoms with van der Waals surface area (Å²) in [6.45, 7) is 11.9. The molecule has 1 nitrogen and oxygen atoms in total. The van der Waals surface area contributed by atoms with Gasteiger partial charge < -0.3 is 5.32 Å². The highest BCUT2D eigenvalue weighted by Gasteiger charge is 2.08. The molecule has 0 saturated carbocycles. The molecule has 1 aromatic carbocycles. The molecule has 0 aliphatic rings. The summed E-state index contributed by atoms with van der Waals surface area (Å²) < 4.78 is 1.18. The van der Waals surface area contributed by atoms with Gasteiger partial charge in [-0.25, -0.2) is 0 Å². The zero-order chi connectivity index (χ0) is 13.8. The number of halogens is 1. The molecule has 0 amide bonds. The van der Waals surface area contributed by atoms with E-state index in [0.29, 0.717) is 0 Å². The van der Waals surface area contributed by atoms with Crippen LogP contribution in [0.1, 0.15) is 45.2 Å². The maximum absolute atomic E-state index is 3.58. The third kappa shape index (κ3) is 5.36. The van der Waals surface area contributed by atoms with Gasteiger partial charge in [0.2, 0.25) is 0 Å². The molecule has 18 heavy (non-hydrogen) atoms. The first-order valence-corrected chi connectivity index (χ1v) is 7.32. The fourth-order valence-electron chi connectivity index (χ4n) is 1.59. The summed E-state index contributed by atoms with van der Waals surface area (Å²) in [5.41, 5.74) is 4.14. The molecule has 1 rings (SSSR count). The van der Waals surface area contributed by atoms with Crippen molar-refractivity contribution >= 4 is 22.0 Å². The topological polar surface area (TPSA) is 12.0 Å². The third-order valence-electron chi connectivity index (χ3n) is 2.87. The largest absolute Gasteiger partial charge is 0.308 e. The lowest BCUT2D eigenvalue weighted by Gasteiger charge is -2.21. The van der Waals surface area contributed by atoms with Crippen molar-refractivity contribution in [1.82, 2.24) is 5.32 Å². The Balaban J connectivity index is 2.80. The van der Waals surface area contributed by atoms with Crippen molar-refractivity contribution < 1.29 is 0 Å². The van der Waals surface area contributed by atoms with Gasteiger partial charge in [-0.05, 0) is 51.3 Å². The van der Waals surface area contributed by atoms with Gasteiger partial charge in [0.1, 0.15) is 0 Å². The Labute approximate surface area is 120 Å². The van der Waals surface area contributed by atoms with Crippen LogP contribution in [0.2, 0.25) is 0 Å². The molecule has 2 heteroatoms. The molecule has 0 spiro atoms. The van der Waals surface area contributed by atoms with Gasteiger partial charge >= 0.3 is 0 Å². The van der Waals surface area contributed by atoms with Crippen molar-refractivity contribution in [3.05, 3.63) is 39.4 Å². The van der Waals surface area contributed by atoms with Crippen LogP contribution in [0.4, 0.5) is 0 Å². The van der Waals surface area contributed by atoms with Crippen LogP contribution in [0.15, 0.2) is 28.2 Å². The SMILES string of the molecule is CC/C(=C/c1ccc(C)c(Br)c1)CNC(C)(C)C. The summed E-state index contributed by atoms with van der Waals surface area (Å²) in [5.74, 6) is 0. The van der Waals surface area contributed by atoms with Crippen LogP contribution in [0.5, 0.6) is 0 Å². The summed E-state index contributed by atoms with van der Waals surface area (Å²) in [4.78, 5) is 0. The molecule has 1 N–H and O–H groups in total. The lowest BCUT2D eigenvalue weighted by Crippen LogP contribution is -2.36. The van der Waals surface area contributed by atoms with E-state index < -0.39 is 0 Å². The van der Waals surface area contributed by atoms with Crippen molar-refractivity contribution in [2.75, 3.05) is 6.54 Å². The van der Waals surface area contributed by atoms with Gasteiger partial charge in [-0.3, -0.25) is 0 Å². The zero-order valence-corrected chi connectivity index (χ0v) is 13.7. The predicted octanol–water partition coefficient (Wildman–Crippen LogP) is 4.94. The molecule has 0 saturated heterocycles. The van der Waals surface area contributed by atoms with Crippen LogP contribution < -0.4 is 5.32 Å². The van der Waals surface area contributed by atoms with E-state index in [0.717, 1.165) is 13.0 Å². The van der Waals surface area contributed by atoms with Crippen molar-refractivity contribution in [2.45, 2.75) is 46.6 Å². The fraction of sp³-hybridized carbons (Fsp3) is 0.500. The van der Waals surface area contributed by atoms with Crippen molar-refractivity contribution in [2.24, 2.45) is 0 Å². The molecular formula is C16H24BrN. The highest BCUT2D eigenvalue weighted by molar-refractivity contribution is 9.10.